The lowest BCUT2D eigenvalue weighted by Crippen LogP contribution is -2.11. The van der Waals surface area contributed by atoms with Crippen molar-refractivity contribution in [2.24, 2.45) is 5.73 Å². The Balaban J connectivity index is 2.09. The molecular formula is C14H15FN2O3. The summed E-state index contributed by atoms with van der Waals surface area (Å²) in [5, 5.41) is 2.54. The average molecular weight is 278 g/mol. The Bertz CT molecular complexity index is 610. The summed E-state index contributed by atoms with van der Waals surface area (Å²) in [5.41, 5.74) is 5.71. The zero-order chi connectivity index (χ0) is 14.5. The lowest BCUT2D eigenvalue weighted by atomic mass is 10.2. The van der Waals surface area contributed by atoms with Gasteiger partial charge in [0, 0.05) is 11.8 Å². The van der Waals surface area contributed by atoms with E-state index in [2.05, 4.69) is 5.32 Å². The molecule has 3 N–H and O–H groups in total. The van der Waals surface area contributed by atoms with E-state index in [-0.39, 0.29) is 18.1 Å². The van der Waals surface area contributed by atoms with Gasteiger partial charge in [-0.2, -0.15) is 0 Å². The van der Waals surface area contributed by atoms with Gasteiger partial charge in [0.25, 0.3) is 5.91 Å². The van der Waals surface area contributed by atoms with Crippen molar-refractivity contribution in [2.75, 3.05) is 11.9 Å². The van der Waals surface area contributed by atoms with Gasteiger partial charge >= 0.3 is 0 Å². The molecule has 0 atom stereocenters. The predicted octanol–water partition coefficient (Wildman–Crippen LogP) is 2.53. The minimum absolute atomic E-state index is 0.125. The van der Waals surface area contributed by atoms with Gasteiger partial charge in [-0.25, -0.2) is 4.39 Å². The Kier molecular flexibility index (Phi) is 4.37. The number of nitrogens with two attached hydrogens (primary N) is 1. The molecule has 1 amide bonds. The van der Waals surface area contributed by atoms with E-state index in [1.807, 2.05) is 0 Å². The van der Waals surface area contributed by atoms with Gasteiger partial charge in [-0.3, -0.25) is 4.79 Å². The third kappa shape index (κ3) is 3.16. The van der Waals surface area contributed by atoms with Gasteiger partial charge in [0.05, 0.1) is 13.2 Å². The van der Waals surface area contributed by atoms with Crippen LogP contribution in [-0.4, -0.2) is 12.5 Å². The molecule has 0 aliphatic carbocycles. The molecule has 2 rings (SSSR count). The summed E-state index contributed by atoms with van der Waals surface area (Å²) in [6, 6.07) is 7.34. The second-order valence-corrected chi connectivity index (χ2v) is 4.00. The number of halogens is 1. The van der Waals surface area contributed by atoms with Gasteiger partial charge in [0.2, 0.25) is 0 Å². The second-order valence-electron chi connectivity index (χ2n) is 4.00. The number of nitrogens with one attached hydrogen (secondary N) is 1. The first kappa shape index (κ1) is 14.1. The maximum absolute atomic E-state index is 13.6. The maximum atomic E-state index is 13.6. The van der Waals surface area contributed by atoms with E-state index in [4.69, 9.17) is 14.9 Å². The van der Waals surface area contributed by atoms with E-state index in [1.165, 1.54) is 18.2 Å². The molecule has 0 aliphatic rings. The highest BCUT2D eigenvalue weighted by molar-refractivity contribution is 6.02. The molecule has 1 aromatic carbocycles. The molecule has 106 valence electrons. The van der Waals surface area contributed by atoms with Crippen LogP contribution in [0.15, 0.2) is 34.7 Å². The molecule has 0 spiro atoms. The standard InChI is InChI=1S/C14H15FN2O3/c1-2-19-12-5-3-9(7-11(12)15)17-14(18)13-6-4-10(8-16)20-13/h3-7H,2,8,16H2,1H3,(H,17,18). The molecule has 6 heteroatoms. The summed E-state index contributed by atoms with van der Waals surface area (Å²) in [7, 11) is 0. The first-order valence-electron chi connectivity index (χ1n) is 6.16. The van der Waals surface area contributed by atoms with Gasteiger partial charge in [-0.1, -0.05) is 0 Å². The summed E-state index contributed by atoms with van der Waals surface area (Å²) in [6.45, 7) is 2.35. The van der Waals surface area contributed by atoms with E-state index in [0.717, 1.165) is 0 Å². The molecule has 5 nitrogen and oxygen atoms in total. The molecule has 0 saturated carbocycles. The quantitative estimate of drug-likeness (QED) is 0.881. The molecular weight excluding hydrogens is 263 g/mol. The van der Waals surface area contributed by atoms with E-state index in [9.17, 15) is 9.18 Å². The zero-order valence-electron chi connectivity index (χ0n) is 11.0. The summed E-state index contributed by atoms with van der Waals surface area (Å²) in [5.74, 6) is -0.221. The Morgan fingerprint density at radius 1 is 1.40 bits per heavy atom. The lowest BCUT2D eigenvalue weighted by Gasteiger charge is -2.07. The Labute approximate surface area is 115 Å². The fourth-order valence-electron chi connectivity index (χ4n) is 1.65. The van der Waals surface area contributed by atoms with Crippen molar-refractivity contribution in [3.8, 4) is 5.75 Å². The minimum atomic E-state index is -0.535. The second kappa shape index (κ2) is 6.21. The van der Waals surface area contributed by atoms with Crippen LogP contribution in [0.4, 0.5) is 10.1 Å². The number of hydrogen-bond acceptors (Lipinski definition) is 4. The van der Waals surface area contributed by atoms with Crippen LogP contribution in [0, 0.1) is 5.82 Å². The number of furan rings is 1. The molecule has 0 bridgehead atoms. The van der Waals surface area contributed by atoms with E-state index in [0.29, 0.717) is 18.1 Å². The van der Waals surface area contributed by atoms with Crippen molar-refractivity contribution in [2.45, 2.75) is 13.5 Å². The molecule has 0 aliphatic heterocycles. The Morgan fingerprint density at radius 2 is 2.20 bits per heavy atom. The highest BCUT2D eigenvalue weighted by atomic mass is 19.1. The number of benzene rings is 1. The molecule has 1 aromatic heterocycles. The van der Waals surface area contributed by atoms with Crippen molar-refractivity contribution in [1.82, 2.24) is 0 Å². The van der Waals surface area contributed by atoms with Crippen LogP contribution in [0.5, 0.6) is 5.75 Å². The van der Waals surface area contributed by atoms with Crippen LogP contribution in [0.2, 0.25) is 0 Å². The van der Waals surface area contributed by atoms with Crippen molar-refractivity contribution in [1.29, 1.82) is 0 Å². The topological polar surface area (TPSA) is 77.5 Å². The lowest BCUT2D eigenvalue weighted by molar-refractivity contribution is 0.0995. The minimum Gasteiger partial charge on any atom is -0.491 e. The van der Waals surface area contributed by atoms with Crippen LogP contribution >= 0.6 is 0 Å². The van der Waals surface area contributed by atoms with Gasteiger partial charge in [-0.15, -0.1) is 0 Å². The smallest absolute Gasteiger partial charge is 0.291 e. The molecule has 1 heterocycles. The van der Waals surface area contributed by atoms with Crippen molar-refractivity contribution in [3.63, 3.8) is 0 Å². The van der Waals surface area contributed by atoms with E-state index >= 15 is 0 Å². The Hall–Kier alpha value is -2.34. The predicted molar refractivity (Wildman–Crippen MR) is 72.1 cm³/mol. The zero-order valence-corrected chi connectivity index (χ0v) is 11.0. The maximum Gasteiger partial charge on any atom is 0.291 e. The van der Waals surface area contributed by atoms with E-state index < -0.39 is 11.7 Å². The van der Waals surface area contributed by atoms with Crippen LogP contribution in [-0.2, 0) is 6.54 Å². The fourth-order valence-corrected chi connectivity index (χ4v) is 1.65. The van der Waals surface area contributed by atoms with Gasteiger partial charge in [-0.05, 0) is 31.2 Å². The Morgan fingerprint density at radius 3 is 2.80 bits per heavy atom. The number of carbonyl (C=O) groups is 1. The number of amides is 1. The normalized spacial score (nSPS) is 10.3. The van der Waals surface area contributed by atoms with Crippen LogP contribution in [0.1, 0.15) is 23.2 Å². The van der Waals surface area contributed by atoms with E-state index in [1.54, 1.807) is 19.1 Å². The SMILES string of the molecule is CCOc1ccc(NC(=O)c2ccc(CN)o2)cc1F. The number of carbonyl (C=O) groups excluding carboxylic acids is 1. The third-order valence-corrected chi connectivity index (χ3v) is 2.58. The van der Waals surface area contributed by atoms with Gasteiger partial charge < -0.3 is 20.2 Å². The fraction of sp³-hybridized carbons (Fsp3) is 0.214. The highest BCUT2D eigenvalue weighted by Crippen LogP contribution is 2.21. The monoisotopic (exact) mass is 278 g/mol. The number of hydrogen-bond donors (Lipinski definition) is 2. The first-order chi connectivity index (χ1) is 9.63. The molecule has 0 fully saturated rings. The summed E-state index contributed by atoms with van der Waals surface area (Å²) < 4.78 is 23.9. The summed E-state index contributed by atoms with van der Waals surface area (Å²) in [4.78, 5) is 11.9. The molecule has 20 heavy (non-hydrogen) atoms. The molecule has 2 aromatic rings. The molecule has 0 saturated heterocycles. The van der Waals surface area contributed by atoms with Crippen LogP contribution in [0.3, 0.4) is 0 Å². The van der Waals surface area contributed by atoms with Crippen LogP contribution < -0.4 is 15.8 Å². The van der Waals surface area contributed by atoms with Crippen molar-refractivity contribution in [3.05, 3.63) is 47.7 Å². The first-order valence-corrected chi connectivity index (χ1v) is 6.16. The largest absolute Gasteiger partial charge is 0.491 e. The van der Waals surface area contributed by atoms with Crippen molar-refractivity contribution >= 4 is 11.6 Å². The third-order valence-electron chi connectivity index (χ3n) is 2.58. The average Bonchev–Trinajstić information content (AvgIpc) is 2.91. The van der Waals surface area contributed by atoms with Gasteiger partial charge in [0.1, 0.15) is 5.76 Å². The highest BCUT2D eigenvalue weighted by Gasteiger charge is 2.12. The number of anilines is 1. The molecule has 0 unspecified atom stereocenters. The number of ether oxygens (including phenoxy) is 1. The summed E-state index contributed by atoms with van der Waals surface area (Å²) >= 11 is 0. The van der Waals surface area contributed by atoms with Crippen LogP contribution in [0.25, 0.3) is 0 Å². The molecule has 0 radical (unpaired) electrons. The van der Waals surface area contributed by atoms with Crippen molar-refractivity contribution < 1.29 is 18.3 Å². The van der Waals surface area contributed by atoms with Gasteiger partial charge in [0.15, 0.2) is 17.3 Å². The number of rotatable bonds is 5. The summed E-state index contributed by atoms with van der Waals surface area (Å²) in [6.07, 6.45) is 0.